The van der Waals surface area contributed by atoms with Crippen LogP contribution in [0.5, 0.6) is 0 Å². The topological polar surface area (TPSA) is 63.3 Å². The fourth-order valence-corrected chi connectivity index (χ4v) is 1.10. The Bertz CT molecular complexity index is 341. The zero-order chi connectivity index (χ0) is 10.9. The summed E-state index contributed by atoms with van der Waals surface area (Å²) >= 11 is 0. The minimum absolute atomic E-state index is 0.0486. The third kappa shape index (κ3) is 1.95. The second-order valence-corrected chi connectivity index (χ2v) is 3.80. The molecule has 1 N–H and O–H groups in total. The molecule has 1 atom stereocenters. The fraction of sp³-hybridized carbons (Fsp3) is 0.600. The van der Waals surface area contributed by atoms with Crippen molar-refractivity contribution in [2.75, 3.05) is 0 Å². The van der Waals surface area contributed by atoms with Crippen molar-refractivity contribution in [3.63, 3.8) is 0 Å². The number of aromatic carboxylic acids is 1. The molecule has 4 heteroatoms. The van der Waals surface area contributed by atoms with Gasteiger partial charge in [-0.25, -0.2) is 9.78 Å². The van der Waals surface area contributed by atoms with Crippen LogP contribution < -0.4 is 0 Å². The predicted molar refractivity (Wildman–Crippen MR) is 51.5 cm³/mol. The van der Waals surface area contributed by atoms with Gasteiger partial charge in [-0.2, -0.15) is 0 Å². The van der Waals surface area contributed by atoms with E-state index in [1.807, 2.05) is 20.8 Å². The van der Waals surface area contributed by atoms with Crippen LogP contribution in [0, 0.1) is 12.8 Å². The average molecular weight is 197 g/mol. The van der Waals surface area contributed by atoms with E-state index in [0.29, 0.717) is 17.5 Å². The first-order chi connectivity index (χ1) is 6.43. The van der Waals surface area contributed by atoms with Crippen molar-refractivity contribution in [2.24, 2.45) is 5.92 Å². The third-order valence-corrected chi connectivity index (χ3v) is 2.40. The van der Waals surface area contributed by atoms with Gasteiger partial charge in [0.25, 0.3) is 0 Å². The number of hydrogen-bond acceptors (Lipinski definition) is 3. The van der Waals surface area contributed by atoms with Crippen molar-refractivity contribution in [1.29, 1.82) is 0 Å². The van der Waals surface area contributed by atoms with Gasteiger partial charge < -0.3 is 9.52 Å². The molecule has 0 amide bonds. The quantitative estimate of drug-likeness (QED) is 0.808. The number of carboxylic acid groups (broad SMARTS) is 1. The minimum Gasteiger partial charge on any atom is -0.475 e. The highest BCUT2D eigenvalue weighted by Crippen LogP contribution is 2.24. The number of carboxylic acids is 1. The van der Waals surface area contributed by atoms with E-state index in [9.17, 15) is 4.79 Å². The van der Waals surface area contributed by atoms with Crippen LogP contribution in [0.3, 0.4) is 0 Å². The Morgan fingerprint density at radius 3 is 2.36 bits per heavy atom. The minimum atomic E-state index is -1.06. The highest BCUT2D eigenvalue weighted by Gasteiger charge is 2.21. The summed E-state index contributed by atoms with van der Waals surface area (Å²) in [5, 5.41) is 8.77. The van der Waals surface area contributed by atoms with Gasteiger partial charge in [0.15, 0.2) is 5.89 Å². The molecule has 0 aromatic carbocycles. The van der Waals surface area contributed by atoms with E-state index < -0.39 is 5.97 Å². The highest BCUT2D eigenvalue weighted by molar-refractivity contribution is 5.85. The van der Waals surface area contributed by atoms with Crippen molar-refractivity contribution in [3.8, 4) is 0 Å². The summed E-state index contributed by atoms with van der Waals surface area (Å²) in [6, 6.07) is 0. The van der Waals surface area contributed by atoms with Gasteiger partial charge >= 0.3 is 5.97 Å². The molecule has 0 radical (unpaired) electrons. The summed E-state index contributed by atoms with van der Waals surface area (Å²) in [4.78, 5) is 14.8. The zero-order valence-electron chi connectivity index (χ0n) is 8.87. The first-order valence-electron chi connectivity index (χ1n) is 4.64. The molecule has 0 aliphatic carbocycles. The van der Waals surface area contributed by atoms with Crippen LogP contribution in [-0.4, -0.2) is 16.1 Å². The molecule has 1 unspecified atom stereocenters. The third-order valence-electron chi connectivity index (χ3n) is 2.40. The lowest BCUT2D eigenvalue weighted by Crippen LogP contribution is -2.02. The highest BCUT2D eigenvalue weighted by atomic mass is 16.4. The van der Waals surface area contributed by atoms with Gasteiger partial charge in [-0.15, -0.1) is 0 Å². The number of oxazole rings is 1. The summed E-state index contributed by atoms with van der Waals surface area (Å²) in [6.45, 7) is 7.71. The lowest BCUT2D eigenvalue weighted by Gasteiger charge is -2.09. The molecule has 1 aromatic rings. The monoisotopic (exact) mass is 197 g/mol. The van der Waals surface area contributed by atoms with Gasteiger partial charge in [-0.1, -0.05) is 20.8 Å². The Hall–Kier alpha value is -1.32. The Kier molecular flexibility index (Phi) is 2.93. The summed E-state index contributed by atoms with van der Waals surface area (Å²) in [5.74, 6) is -0.0731. The molecule has 1 aromatic heterocycles. The maximum atomic E-state index is 10.7. The maximum Gasteiger partial charge on any atom is 0.373 e. The lowest BCUT2D eigenvalue weighted by atomic mass is 9.98. The van der Waals surface area contributed by atoms with E-state index in [1.54, 1.807) is 6.92 Å². The number of rotatable bonds is 3. The predicted octanol–water partition coefficient (Wildman–Crippen LogP) is 2.44. The number of aryl methyl sites for hydroxylation is 1. The van der Waals surface area contributed by atoms with E-state index in [1.165, 1.54) is 0 Å². The van der Waals surface area contributed by atoms with Crippen molar-refractivity contribution in [2.45, 2.75) is 33.6 Å². The van der Waals surface area contributed by atoms with Crippen molar-refractivity contribution in [3.05, 3.63) is 17.3 Å². The summed E-state index contributed by atoms with van der Waals surface area (Å²) in [7, 11) is 0. The van der Waals surface area contributed by atoms with Crippen molar-refractivity contribution in [1.82, 2.24) is 4.98 Å². The second-order valence-electron chi connectivity index (χ2n) is 3.80. The van der Waals surface area contributed by atoms with E-state index in [2.05, 4.69) is 4.98 Å². The Balaban J connectivity index is 3.02. The van der Waals surface area contributed by atoms with Crippen LogP contribution in [0.25, 0.3) is 0 Å². The molecule has 14 heavy (non-hydrogen) atoms. The van der Waals surface area contributed by atoms with Crippen LogP contribution >= 0.6 is 0 Å². The van der Waals surface area contributed by atoms with Gasteiger partial charge in [-0.05, 0) is 12.8 Å². The molecule has 0 aliphatic rings. The number of hydrogen-bond donors (Lipinski definition) is 1. The molecule has 78 valence electrons. The molecular weight excluding hydrogens is 182 g/mol. The average Bonchev–Trinajstić information content (AvgIpc) is 2.45. The normalized spacial score (nSPS) is 13.2. The molecule has 4 nitrogen and oxygen atoms in total. The SMILES string of the molecule is Cc1nc(C(C)C(C)C)oc1C(=O)O. The first kappa shape index (κ1) is 10.8. The van der Waals surface area contributed by atoms with E-state index in [0.717, 1.165) is 0 Å². The van der Waals surface area contributed by atoms with Crippen LogP contribution in [-0.2, 0) is 0 Å². The van der Waals surface area contributed by atoms with E-state index in [4.69, 9.17) is 9.52 Å². The summed E-state index contributed by atoms with van der Waals surface area (Å²) < 4.78 is 5.19. The Morgan fingerprint density at radius 1 is 1.43 bits per heavy atom. The van der Waals surface area contributed by atoms with Crippen LogP contribution in [0.1, 0.15) is 48.8 Å². The second kappa shape index (κ2) is 3.82. The van der Waals surface area contributed by atoms with Gasteiger partial charge in [0.1, 0.15) is 0 Å². The summed E-state index contributed by atoms with van der Waals surface area (Å²) in [5.41, 5.74) is 0.444. The molecule has 0 bridgehead atoms. The Morgan fingerprint density at radius 2 is 2.00 bits per heavy atom. The molecule has 0 aliphatic heterocycles. The number of carbonyl (C=O) groups is 1. The first-order valence-corrected chi connectivity index (χ1v) is 4.64. The summed E-state index contributed by atoms with van der Waals surface area (Å²) in [6.07, 6.45) is 0. The largest absolute Gasteiger partial charge is 0.475 e. The molecular formula is C10H15NO3. The van der Waals surface area contributed by atoms with E-state index in [-0.39, 0.29) is 11.7 Å². The zero-order valence-corrected chi connectivity index (χ0v) is 8.87. The molecule has 1 heterocycles. The molecule has 0 spiro atoms. The molecule has 0 saturated carbocycles. The van der Waals surface area contributed by atoms with Gasteiger partial charge in [0.2, 0.25) is 5.76 Å². The van der Waals surface area contributed by atoms with Crippen LogP contribution in [0.15, 0.2) is 4.42 Å². The van der Waals surface area contributed by atoms with E-state index >= 15 is 0 Å². The molecule has 0 saturated heterocycles. The van der Waals surface area contributed by atoms with Gasteiger partial charge in [-0.3, -0.25) is 0 Å². The van der Waals surface area contributed by atoms with Gasteiger partial charge in [0, 0.05) is 5.92 Å². The molecule has 1 rings (SSSR count). The number of aromatic nitrogens is 1. The van der Waals surface area contributed by atoms with Gasteiger partial charge in [0.05, 0.1) is 5.69 Å². The molecule has 0 fully saturated rings. The lowest BCUT2D eigenvalue weighted by molar-refractivity contribution is 0.0658. The van der Waals surface area contributed by atoms with Crippen LogP contribution in [0.2, 0.25) is 0 Å². The van der Waals surface area contributed by atoms with Crippen molar-refractivity contribution >= 4 is 5.97 Å². The number of nitrogens with zero attached hydrogens (tertiary/aromatic N) is 1. The van der Waals surface area contributed by atoms with Crippen molar-refractivity contribution < 1.29 is 14.3 Å². The van der Waals surface area contributed by atoms with Crippen LogP contribution in [0.4, 0.5) is 0 Å². The smallest absolute Gasteiger partial charge is 0.373 e. The maximum absolute atomic E-state index is 10.7. The Labute approximate surface area is 83.0 Å². The fourth-order valence-electron chi connectivity index (χ4n) is 1.10. The standard InChI is InChI=1S/C10H15NO3/c1-5(2)6(3)9-11-7(4)8(14-9)10(12)13/h5-6H,1-4H3,(H,12,13).